The van der Waals surface area contributed by atoms with E-state index < -0.39 is 30.1 Å². The summed E-state index contributed by atoms with van der Waals surface area (Å²) >= 11 is 5.82. The second-order valence-electron chi connectivity index (χ2n) is 8.72. The van der Waals surface area contributed by atoms with Gasteiger partial charge in [-0.05, 0) is 35.4 Å². The average Bonchev–Trinajstić information content (AvgIpc) is 2.83. The number of halogens is 1. The van der Waals surface area contributed by atoms with E-state index in [2.05, 4.69) is 13.8 Å². The third-order valence-electron chi connectivity index (χ3n) is 5.33. The van der Waals surface area contributed by atoms with Crippen LogP contribution in [-0.2, 0) is 34.0 Å². The lowest BCUT2D eigenvalue weighted by atomic mass is 9.78. The van der Waals surface area contributed by atoms with Gasteiger partial charge in [0.2, 0.25) is 0 Å². The van der Waals surface area contributed by atoms with E-state index >= 15 is 0 Å². The van der Waals surface area contributed by atoms with E-state index in [1.54, 1.807) is 0 Å². The minimum Gasteiger partial charge on any atom is -0.490 e. The molecule has 0 radical (unpaired) electrons. The number of carbonyl (C=O) groups is 3. The van der Waals surface area contributed by atoms with Crippen LogP contribution in [0.4, 0.5) is 0 Å². The maximum Gasteiger partial charge on any atom is 0.303 e. The van der Waals surface area contributed by atoms with Crippen LogP contribution >= 0.6 is 11.6 Å². The first-order chi connectivity index (χ1) is 17.0. The minimum atomic E-state index is -0.697. The molecular weight excluding hydrogens is 488 g/mol. The summed E-state index contributed by atoms with van der Waals surface area (Å²) in [6.07, 6.45) is -1.20. The predicted octanol–water partition coefficient (Wildman–Crippen LogP) is 4.44. The van der Waals surface area contributed by atoms with E-state index in [9.17, 15) is 14.4 Å². The molecule has 8 nitrogen and oxygen atoms in total. The molecule has 2 rings (SSSR count). The second-order valence-corrected chi connectivity index (χ2v) is 9.02. The normalized spacial score (nSPS) is 12.7. The highest BCUT2D eigenvalue weighted by atomic mass is 35.5. The van der Waals surface area contributed by atoms with Crippen LogP contribution in [0, 0.1) is 0 Å². The Bertz CT molecular complexity index is 1000. The Kier molecular flexibility index (Phi) is 11.0. The summed E-state index contributed by atoms with van der Waals surface area (Å²) in [5.41, 5.74) is 1.84. The molecule has 0 N–H and O–H groups in total. The summed E-state index contributed by atoms with van der Waals surface area (Å²) in [6.45, 7) is 8.28. The first-order valence-electron chi connectivity index (χ1n) is 11.5. The molecule has 0 saturated carbocycles. The van der Waals surface area contributed by atoms with Gasteiger partial charge in [-0.15, -0.1) is 11.6 Å². The molecule has 2 atom stereocenters. The monoisotopic (exact) mass is 520 g/mol. The van der Waals surface area contributed by atoms with Crippen LogP contribution in [0.3, 0.4) is 0 Å². The van der Waals surface area contributed by atoms with Gasteiger partial charge in [0.05, 0.1) is 5.88 Å². The molecule has 36 heavy (non-hydrogen) atoms. The van der Waals surface area contributed by atoms with Crippen molar-refractivity contribution in [2.45, 2.75) is 52.2 Å². The Labute approximate surface area is 216 Å². The number of benzene rings is 2. The Morgan fingerprint density at radius 1 is 0.694 bits per heavy atom. The fourth-order valence-electron chi connectivity index (χ4n) is 3.39. The largest absolute Gasteiger partial charge is 0.490 e. The Balaban J connectivity index is 1.99. The van der Waals surface area contributed by atoms with Crippen molar-refractivity contribution in [2.75, 3.05) is 25.7 Å². The number of carbonyl (C=O) groups excluding carboxylic acids is 3. The maximum atomic E-state index is 11.3. The molecule has 0 aliphatic rings. The van der Waals surface area contributed by atoms with E-state index in [1.807, 2.05) is 48.5 Å². The van der Waals surface area contributed by atoms with Crippen molar-refractivity contribution < 1.29 is 38.1 Å². The first-order valence-corrected chi connectivity index (χ1v) is 12.0. The molecular formula is C27H33ClO8. The van der Waals surface area contributed by atoms with Gasteiger partial charge in [-0.3, -0.25) is 14.4 Å². The summed E-state index contributed by atoms with van der Waals surface area (Å²) in [7, 11) is 0. The standard InChI is InChI=1S/C27H33ClO8/c1-18(29)32-16-26(36-20(3)31)17-34-24-12-8-22(9-13-24)27(4,5)21-6-10-23(11-7-21)33-15-25(14-28)35-19(2)30/h6-13,25-26H,14-17H2,1-5H3/t25-,26+/m1/s1. The number of esters is 3. The van der Waals surface area contributed by atoms with Crippen molar-refractivity contribution in [3.05, 3.63) is 59.7 Å². The molecule has 0 aliphatic carbocycles. The van der Waals surface area contributed by atoms with E-state index in [0.717, 1.165) is 11.1 Å². The molecule has 0 aliphatic heterocycles. The Hall–Kier alpha value is -3.26. The smallest absolute Gasteiger partial charge is 0.303 e. The van der Waals surface area contributed by atoms with Gasteiger partial charge in [0, 0.05) is 26.2 Å². The van der Waals surface area contributed by atoms with Gasteiger partial charge in [0.1, 0.15) is 37.4 Å². The molecule has 0 bridgehead atoms. The van der Waals surface area contributed by atoms with Gasteiger partial charge in [-0.1, -0.05) is 38.1 Å². The summed E-state index contributed by atoms with van der Waals surface area (Å²) < 4.78 is 26.6. The minimum absolute atomic E-state index is 0.0547. The zero-order chi connectivity index (χ0) is 26.7. The molecule has 0 amide bonds. The fourth-order valence-corrected chi connectivity index (χ4v) is 3.54. The SMILES string of the molecule is CC(=O)OC[C@@H](COc1ccc(C(C)(C)c2ccc(OC[C@@H](CCl)OC(C)=O)cc2)cc1)OC(C)=O. The predicted molar refractivity (Wildman–Crippen MR) is 134 cm³/mol. The second kappa shape index (κ2) is 13.7. The molecule has 0 fully saturated rings. The topological polar surface area (TPSA) is 97.4 Å². The van der Waals surface area contributed by atoms with Crippen LogP contribution in [0.5, 0.6) is 11.5 Å². The molecule has 0 aromatic heterocycles. The summed E-state index contributed by atoms with van der Waals surface area (Å²) in [5.74, 6) is 0.0638. The number of hydrogen-bond acceptors (Lipinski definition) is 8. The van der Waals surface area contributed by atoms with E-state index in [1.165, 1.54) is 20.8 Å². The fraction of sp³-hybridized carbons (Fsp3) is 0.444. The maximum absolute atomic E-state index is 11.3. The van der Waals surface area contributed by atoms with Crippen LogP contribution in [0.15, 0.2) is 48.5 Å². The van der Waals surface area contributed by atoms with Crippen molar-refractivity contribution in [1.82, 2.24) is 0 Å². The number of hydrogen-bond donors (Lipinski definition) is 0. The molecule has 0 heterocycles. The highest BCUT2D eigenvalue weighted by molar-refractivity contribution is 6.18. The Morgan fingerprint density at radius 2 is 1.11 bits per heavy atom. The van der Waals surface area contributed by atoms with Gasteiger partial charge in [0.15, 0.2) is 6.10 Å². The van der Waals surface area contributed by atoms with E-state index in [-0.39, 0.29) is 31.1 Å². The molecule has 0 unspecified atom stereocenters. The molecule has 9 heteroatoms. The van der Waals surface area contributed by atoms with Crippen LogP contribution < -0.4 is 9.47 Å². The van der Waals surface area contributed by atoms with Crippen molar-refractivity contribution in [3.63, 3.8) is 0 Å². The third-order valence-corrected chi connectivity index (χ3v) is 5.68. The molecule has 2 aromatic carbocycles. The quantitative estimate of drug-likeness (QED) is 0.217. The zero-order valence-corrected chi connectivity index (χ0v) is 22.0. The van der Waals surface area contributed by atoms with Gasteiger partial charge in [-0.25, -0.2) is 0 Å². The van der Waals surface area contributed by atoms with Gasteiger partial charge in [-0.2, -0.15) is 0 Å². The van der Waals surface area contributed by atoms with E-state index in [0.29, 0.717) is 11.5 Å². The third kappa shape index (κ3) is 9.41. The van der Waals surface area contributed by atoms with Crippen molar-refractivity contribution in [2.24, 2.45) is 0 Å². The number of rotatable bonds is 13. The number of alkyl halides is 1. The van der Waals surface area contributed by atoms with Crippen LogP contribution in [0.25, 0.3) is 0 Å². The summed E-state index contributed by atoms with van der Waals surface area (Å²) in [6, 6.07) is 15.3. The number of ether oxygens (including phenoxy) is 5. The van der Waals surface area contributed by atoms with E-state index in [4.69, 9.17) is 35.3 Å². The lowest BCUT2D eigenvalue weighted by Crippen LogP contribution is -2.29. The lowest BCUT2D eigenvalue weighted by molar-refractivity contribution is -0.158. The van der Waals surface area contributed by atoms with Gasteiger partial charge < -0.3 is 23.7 Å². The molecule has 2 aromatic rings. The molecule has 0 spiro atoms. The van der Waals surface area contributed by atoms with Gasteiger partial charge in [0.25, 0.3) is 0 Å². The lowest BCUT2D eigenvalue weighted by Gasteiger charge is -2.27. The van der Waals surface area contributed by atoms with Crippen molar-refractivity contribution >= 4 is 29.5 Å². The first kappa shape index (κ1) is 29.0. The summed E-state index contributed by atoms with van der Waals surface area (Å²) in [4.78, 5) is 33.5. The zero-order valence-electron chi connectivity index (χ0n) is 21.2. The Morgan fingerprint density at radius 3 is 1.50 bits per heavy atom. The highest BCUT2D eigenvalue weighted by Gasteiger charge is 2.23. The average molecular weight is 521 g/mol. The van der Waals surface area contributed by atoms with Crippen molar-refractivity contribution in [1.29, 1.82) is 0 Å². The van der Waals surface area contributed by atoms with Crippen LogP contribution in [-0.4, -0.2) is 55.8 Å². The molecule has 196 valence electrons. The van der Waals surface area contributed by atoms with Crippen molar-refractivity contribution in [3.8, 4) is 11.5 Å². The summed E-state index contributed by atoms with van der Waals surface area (Å²) in [5, 5.41) is 0. The van der Waals surface area contributed by atoms with Crippen LogP contribution in [0.2, 0.25) is 0 Å². The highest BCUT2D eigenvalue weighted by Crippen LogP contribution is 2.33. The van der Waals surface area contributed by atoms with Crippen LogP contribution in [0.1, 0.15) is 45.7 Å². The molecule has 0 saturated heterocycles. The van der Waals surface area contributed by atoms with Gasteiger partial charge >= 0.3 is 17.9 Å².